The Morgan fingerprint density at radius 3 is 2.71 bits per heavy atom. The van der Waals surface area contributed by atoms with Crippen LogP contribution in [0, 0.1) is 0 Å². The van der Waals surface area contributed by atoms with Gasteiger partial charge in [-0.15, -0.1) is 3.22 Å². The Morgan fingerprint density at radius 1 is 1.21 bits per heavy atom. The van der Waals surface area contributed by atoms with Gasteiger partial charge in [-0.2, -0.15) is 0 Å². The predicted octanol–water partition coefficient (Wildman–Crippen LogP) is 4.12. The Kier molecular flexibility index (Phi) is 4.75. The van der Waals surface area contributed by atoms with Gasteiger partial charge in [-0.1, -0.05) is 13.8 Å². The summed E-state index contributed by atoms with van der Waals surface area (Å²) in [6.45, 7) is 4.00. The molecule has 0 amide bonds. The highest BCUT2D eigenvalue weighted by Gasteiger charge is 1.99. The molecule has 2 rings (SSSR count). The monoisotopic (exact) mass is 306 g/mol. The highest BCUT2D eigenvalue weighted by atomic mass is 127. The van der Waals surface area contributed by atoms with Crippen LogP contribution in [0.5, 0.6) is 5.75 Å². The number of fused-ring (bicyclic) bond motifs is 1. The molecule has 0 fully saturated rings. The van der Waals surface area contributed by atoms with E-state index in [0.29, 0.717) is 5.75 Å². The lowest BCUT2D eigenvalue weighted by atomic mass is 10.2. The maximum absolute atomic E-state index is 5.15. The van der Waals surface area contributed by atoms with E-state index in [2.05, 4.69) is 3.22 Å². The van der Waals surface area contributed by atoms with Gasteiger partial charge in [-0.3, -0.25) is 0 Å². The van der Waals surface area contributed by atoms with Crippen LogP contribution in [0.3, 0.4) is 0 Å². The molecule has 0 aliphatic carbocycles. The maximum atomic E-state index is 5.15. The summed E-state index contributed by atoms with van der Waals surface area (Å²) in [5.41, 5.74) is 0.843. The molecular formula is C10H11IO3. The molecule has 0 aliphatic rings. The van der Waals surface area contributed by atoms with Crippen LogP contribution < -0.4 is 4.89 Å². The second kappa shape index (κ2) is 5.87. The fourth-order valence-corrected chi connectivity index (χ4v) is 1.24. The van der Waals surface area contributed by atoms with Gasteiger partial charge in [0.25, 0.3) is 0 Å². The average molecular weight is 306 g/mol. The third kappa shape index (κ3) is 2.62. The molecule has 3 nitrogen and oxygen atoms in total. The summed E-state index contributed by atoms with van der Waals surface area (Å²) >= 11 is 1.67. The molecule has 0 atom stereocenters. The number of hydrogen-bond donors (Lipinski definition) is 0. The van der Waals surface area contributed by atoms with Crippen LogP contribution in [0.4, 0.5) is 0 Å². The number of rotatable bonds is 2. The van der Waals surface area contributed by atoms with Gasteiger partial charge in [0.2, 0.25) is 0 Å². The first-order valence-corrected chi connectivity index (χ1v) is 5.21. The molecule has 2 aromatic rings. The zero-order valence-corrected chi connectivity index (χ0v) is 10.1. The second-order valence-corrected chi connectivity index (χ2v) is 2.63. The SMILES string of the molecule is CC.IOOc1ccc2occc2c1. The lowest BCUT2D eigenvalue weighted by Gasteiger charge is -1.97. The molecule has 1 heterocycles. The molecule has 1 aromatic heterocycles. The lowest BCUT2D eigenvalue weighted by Crippen LogP contribution is -1.83. The van der Waals surface area contributed by atoms with E-state index in [-0.39, 0.29) is 0 Å². The van der Waals surface area contributed by atoms with Crippen molar-refractivity contribution in [1.82, 2.24) is 0 Å². The van der Waals surface area contributed by atoms with Gasteiger partial charge in [0.1, 0.15) is 5.58 Å². The van der Waals surface area contributed by atoms with Crippen molar-refractivity contribution >= 4 is 34.0 Å². The van der Waals surface area contributed by atoms with E-state index in [4.69, 9.17) is 9.30 Å². The molecular weight excluding hydrogens is 295 g/mol. The normalized spacial score (nSPS) is 9.36. The summed E-state index contributed by atoms with van der Waals surface area (Å²) in [6.07, 6.45) is 1.64. The highest BCUT2D eigenvalue weighted by molar-refractivity contribution is 14.1. The minimum Gasteiger partial charge on any atom is -0.464 e. The van der Waals surface area contributed by atoms with E-state index in [0.717, 1.165) is 11.0 Å². The van der Waals surface area contributed by atoms with Gasteiger partial charge >= 0.3 is 0 Å². The number of furan rings is 1. The third-order valence-electron chi connectivity index (χ3n) is 1.55. The third-order valence-corrected chi connectivity index (χ3v) is 1.73. The molecule has 14 heavy (non-hydrogen) atoms. The number of hydrogen-bond acceptors (Lipinski definition) is 3. The quantitative estimate of drug-likeness (QED) is 0.475. The molecule has 0 N–H and O–H groups in total. The van der Waals surface area contributed by atoms with Gasteiger partial charge in [-0.05, 0) is 24.3 Å². The van der Waals surface area contributed by atoms with E-state index in [1.54, 1.807) is 35.3 Å². The summed E-state index contributed by atoms with van der Waals surface area (Å²) < 4.78 is 9.65. The minimum atomic E-state index is 0.665. The fraction of sp³-hybridized carbons (Fsp3) is 0.200. The van der Waals surface area contributed by atoms with Crippen molar-refractivity contribution < 1.29 is 12.5 Å². The Bertz CT molecular complexity index is 384. The average Bonchev–Trinajstić information content (AvgIpc) is 2.68. The summed E-state index contributed by atoms with van der Waals surface area (Å²) in [5, 5.41) is 1.00. The first-order chi connectivity index (χ1) is 6.90. The standard InChI is InChI=1S/C8H5IO3.C2H6/c9-12-11-7-1-2-8-6(5-7)3-4-10-8;1-2/h1-5H;1-2H3. The molecule has 4 heteroatoms. The first kappa shape index (κ1) is 11.3. The van der Waals surface area contributed by atoms with Gasteiger partial charge in [0, 0.05) is 5.39 Å². The minimum absolute atomic E-state index is 0.665. The van der Waals surface area contributed by atoms with Crippen molar-refractivity contribution in [2.24, 2.45) is 0 Å². The van der Waals surface area contributed by atoms with E-state index in [1.165, 1.54) is 0 Å². The molecule has 0 radical (unpaired) electrons. The Hall–Kier alpha value is -0.750. The summed E-state index contributed by atoms with van der Waals surface area (Å²) in [4.78, 5) is 4.83. The number of halogens is 1. The molecule has 0 bridgehead atoms. The van der Waals surface area contributed by atoms with Gasteiger partial charge in [0.05, 0.1) is 6.26 Å². The largest absolute Gasteiger partial charge is 0.464 e. The molecule has 0 saturated carbocycles. The Morgan fingerprint density at radius 2 is 2.00 bits per heavy atom. The van der Waals surface area contributed by atoms with Crippen LogP contribution in [0.15, 0.2) is 34.9 Å². The van der Waals surface area contributed by atoms with Crippen LogP contribution in [0.25, 0.3) is 11.0 Å². The zero-order chi connectivity index (χ0) is 10.4. The van der Waals surface area contributed by atoms with Crippen LogP contribution in [-0.2, 0) is 3.22 Å². The van der Waals surface area contributed by atoms with Crippen molar-refractivity contribution in [3.8, 4) is 5.75 Å². The summed E-state index contributed by atoms with van der Waals surface area (Å²) in [7, 11) is 0. The maximum Gasteiger partial charge on any atom is 0.170 e. The summed E-state index contributed by atoms with van der Waals surface area (Å²) in [6, 6.07) is 7.33. The molecule has 0 spiro atoms. The lowest BCUT2D eigenvalue weighted by molar-refractivity contribution is -0.0470. The van der Waals surface area contributed by atoms with Crippen molar-refractivity contribution in [3.05, 3.63) is 30.5 Å². The van der Waals surface area contributed by atoms with Crippen LogP contribution in [0.1, 0.15) is 13.8 Å². The molecule has 1 aromatic carbocycles. The van der Waals surface area contributed by atoms with Crippen molar-refractivity contribution in [1.29, 1.82) is 0 Å². The van der Waals surface area contributed by atoms with Gasteiger partial charge < -0.3 is 9.30 Å². The van der Waals surface area contributed by atoms with Crippen molar-refractivity contribution in [3.63, 3.8) is 0 Å². The van der Waals surface area contributed by atoms with Gasteiger partial charge in [0.15, 0.2) is 28.8 Å². The first-order valence-electron chi connectivity index (χ1n) is 4.32. The molecule has 0 saturated heterocycles. The predicted molar refractivity (Wildman–Crippen MR) is 63.3 cm³/mol. The van der Waals surface area contributed by atoms with Gasteiger partial charge in [-0.25, -0.2) is 0 Å². The zero-order valence-electron chi connectivity index (χ0n) is 7.99. The Balaban J connectivity index is 0.000000461. The van der Waals surface area contributed by atoms with Crippen molar-refractivity contribution in [2.75, 3.05) is 0 Å². The molecule has 0 unspecified atom stereocenters. The van der Waals surface area contributed by atoms with E-state index < -0.39 is 0 Å². The van der Waals surface area contributed by atoms with Crippen molar-refractivity contribution in [2.45, 2.75) is 13.8 Å². The van der Waals surface area contributed by atoms with Crippen LogP contribution >= 0.6 is 23.0 Å². The molecule has 0 aliphatic heterocycles. The second-order valence-electron chi connectivity index (χ2n) is 2.27. The highest BCUT2D eigenvalue weighted by Crippen LogP contribution is 2.21. The molecule has 76 valence electrons. The van der Waals surface area contributed by atoms with Crippen LogP contribution in [0.2, 0.25) is 0 Å². The van der Waals surface area contributed by atoms with E-state index in [9.17, 15) is 0 Å². The topological polar surface area (TPSA) is 31.6 Å². The smallest absolute Gasteiger partial charge is 0.170 e. The fourth-order valence-electron chi connectivity index (χ4n) is 1.03. The number of benzene rings is 1. The Labute approximate surface area is 96.6 Å². The van der Waals surface area contributed by atoms with Crippen LogP contribution in [-0.4, -0.2) is 0 Å². The summed E-state index contributed by atoms with van der Waals surface area (Å²) in [5.74, 6) is 0.665. The van der Waals surface area contributed by atoms with E-state index >= 15 is 0 Å². The van der Waals surface area contributed by atoms with E-state index in [1.807, 2.05) is 32.0 Å².